The van der Waals surface area contributed by atoms with E-state index in [1.54, 1.807) is 6.08 Å². The zero-order valence-electron chi connectivity index (χ0n) is 47.2. The summed E-state index contributed by atoms with van der Waals surface area (Å²) in [7, 11) is -4.79. The largest absolute Gasteiger partial charge is 0.472 e. The van der Waals surface area contributed by atoms with Gasteiger partial charge in [0.1, 0.15) is 12.7 Å². The van der Waals surface area contributed by atoms with Crippen LogP contribution in [-0.4, -0.2) is 66.5 Å². The van der Waals surface area contributed by atoms with E-state index in [2.05, 4.69) is 148 Å². The lowest BCUT2D eigenvalue weighted by molar-refractivity contribution is -0.161. The predicted octanol–water partition coefficient (Wildman–Crippen LogP) is 17.1. The van der Waals surface area contributed by atoms with Crippen LogP contribution in [0.5, 0.6) is 0 Å². The van der Waals surface area contributed by atoms with Gasteiger partial charge in [0.15, 0.2) is 6.10 Å². The van der Waals surface area contributed by atoms with Gasteiger partial charge in [0.05, 0.1) is 26.2 Å². The maximum absolute atomic E-state index is 12.9. The zero-order chi connectivity index (χ0) is 55.5. The molecule has 3 atom stereocenters. The lowest BCUT2D eigenvalue weighted by Gasteiger charge is -2.21. The van der Waals surface area contributed by atoms with E-state index in [4.69, 9.17) is 23.3 Å². The number of carbonyl (C=O) groups excluding carboxylic acids is 3. The van der Waals surface area contributed by atoms with Crippen molar-refractivity contribution in [1.29, 1.82) is 0 Å². The van der Waals surface area contributed by atoms with Crippen LogP contribution in [-0.2, 0) is 42.2 Å². The number of hydrogen-bond donors (Lipinski definition) is 2. The van der Waals surface area contributed by atoms with E-state index < -0.39 is 64.4 Å². The third-order valence-electron chi connectivity index (χ3n) is 11.3. The number of aliphatic hydroxyl groups excluding tert-OH is 1. The number of ether oxygens (including phenoxy) is 3. The van der Waals surface area contributed by atoms with E-state index in [0.29, 0.717) is 19.3 Å². The smallest absolute Gasteiger partial charge is 0.461 e. The van der Waals surface area contributed by atoms with Gasteiger partial charge in [-0.3, -0.25) is 23.4 Å². The van der Waals surface area contributed by atoms with Crippen LogP contribution in [0.2, 0.25) is 0 Å². The minimum absolute atomic E-state index is 0.0224. The molecule has 2 N–H and O–H groups in total. The summed E-state index contributed by atoms with van der Waals surface area (Å²) in [5.74, 6) is -1.69. The number of phosphoric ester groups is 1. The van der Waals surface area contributed by atoms with Crippen molar-refractivity contribution in [3.63, 3.8) is 0 Å². The molecule has 76 heavy (non-hydrogen) atoms. The number of rotatable bonds is 51. The molecule has 12 heteroatoms. The number of phosphoric acid groups is 1. The van der Waals surface area contributed by atoms with Crippen LogP contribution in [0, 0.1) is 0 Å². The fraction of sp³-hybridized carbons (Fsp3) is 0.578. The molecule has 3 unspecified atom stereocenters. The Morgan fingerprint density at radius 1 is 0.395 bits per heavy atom. The molecule has 0 saturated heterocycles. The molecule has 0 saturated carbocycles. The number of allylic oxidation sites excluding steroid dienone is 23. The second kappa shape index (κ2) is 56.6. The Morgan fingerprint density at radius 3 is 1.13 bits per heavy atom. The number of hydrogen-bond acceptors (Lipinski definition) is 10. The molecule has 0 aromatic carbocycles. The second-order valence-corrected chi connectivity index (χ2v) is 19.8. The molecule has 0 aliphatic carbocycles. The zero-order valence-corrected chi connectivity index (χ0v) is 48.0. The summed E-state index contributed by atoms with van der Waals surface area (Å²) < 4.78 is 39.3. The van der Waals surface area contributed by atoms with E-state index in [1.165, 1.54) is 19.3 Å². The van der Waals surface area contributed by atoms with Crippen LogP contribution >= 0.6 is 7.82 Å². The van der Waals surface area contributed by atoms with Crippen LogP contribution < -0.4 is 0 Å². The topological polar surface area (TPSA) is 155 Å². The van der Waals surface area contributed by atoms with Gasteiger partial charge < -0.3 is 24.2 Å². The Labute approximate surface area is 461 Å². The number of unbranched alkanes of at least 4 members (excludes halogenated alkanes) is 11. The van der Waals surface area contributed by atoms with Crippen molar-refractivity contribution in [2.24, 2.45) is 0 Å². The van der Waals surface area contributed by atoms with Gasteiger partial charge in [0.25, 0.3) is 0 Å². The molecule has 0 amide bonds. The van der Waals surface area contributed by atoms with Crippen molar-refractivity contribution in [2.75, 3.05) is 26.4 Å². The van der Waals surface area contributed by atoms with E-state index >= 15 is 0 Å². The Kier molecular flexibility index (Phi) is 53.1. The lowest BCUT2D eigenvalue weighted by atomic mass is 10.1. The van der Waals surface area contributed by atoms with Crippen molar-refractivity contribution in [1.82, 2.24) is 0 Å². The minimum Gasteiger partial charge on any atom is -0.461 e. The highest BCUT2D eigenvalue weighted by Crippen LogP contribution is 2.43. The molecule has 0 radical (unpaired) electrons. The summed E-state index contributed by atoms with van der Waals surface area (Å²) in [6, 6.07) is 0. The molecular weight excluding hydrogens is 976 g/mol. The molecule has 0 bridgehead atoms. The molecular formula is C64H101O11P. The molecule has 428 valence electrons. The molecule has 0 heterocycles. The van der Waals surface area contributed by atoms with Crippen molar-refractivity contribution in [3.8, 4) is 0 Å². The average molecular weight is 1080 g/mol. The summed E-state index contributed by atoms with van der Waals surface area (Å²) in [6.45, 7) is 4.20. The molecule has 0 aromatic rings. The fourth-order valence-electron chi connectivity index (χ4n) is 6.95. The van der Waals surface area contributed by atoms with E-state index in [9.17, 15) is 28.9 Å². The fourth-order valence-corrected chi connectivity index (χ4v) is 7.74. The highest BCUT2D eigenvalue weighted by molar-refractivity contribution is 7.47. The van der Waals surface area contributed by atoms with Crippen molar-refractivity contribution in [2.45, 2.75) is 213 Å². The van der Waals surface area contributed by atoms with Gasteiger partial charge in [0, 0.05) is 12.8 Å². The Balaban J connectivity index is 4.92. The van der Waals surface area contributed by atoms with Gasteiger partial charge in [-0.05, 0) is 122 Å². The molecule has 0 aliphatic rings. The Hall–Kier alpha value is -4.64. The maximum Gasteiger partial charge on any atom is 0.472 e. The third kappa shape index (κ3) is 54.2. The summed E-state index contributed by atoms with van der Waals surface area (Å²) in [5, 5.41) is 9.81. The molecule has 0 aliphatic heterocycles. The SMILES string of the molecule is CC/C=C\C/C=C\C/C=C\C/C=C\C/C=C\CCCCCC(=O)OC(COC(=O)C/C=C\C/C=C\C/C=C\C/C=C\C/C=C\CC)COP(=O)(O)OCC(CO)OC(=O)CCCCCCC/C=C\C/C=C\CCCCC. The van der Waals surface area contributed by atoms with Crippen LogP contribution in [0.15, 0.2) is 146 Å². The highest BCUT2D eigenvalue weighted by atomic mass is 31.2. The molecule has 0 rings (SSSR count). The predicted molar refractivity (Wildman–Crippen MR) is 316 cm³/mol. The van der Waals surface area contributed by atoms with Gasteiger partial charge in [-0.25, -0.2) is 4.57 Å². The minimum atomic E-state index is -4.79. The quantitative estimate of drug-likeness (QED) is 0.0197. The third-order valence-corrected chi connectivity index (χ3v) is 12.2. The van der Waals surface area contributed by atoms with Crippen LogP contribution in [0.25, 0.3) is 0 Å². The lowest BCUT2D eigenvalue weighted by Crippen LogP contribution is -2.30. The van der Waals surface area contributed by atoms with E-state index in [1.807, 2.05) is 12.2 Å². The van der Waals surface area contributed by atoms with Crippen molar-refractivity contribution in [3.05, 3.63) is 146 Å². The first-order chi connectivity index (χ1) is 37.2. The van der Waals surface area contributed by atoms with Crippen molar-refractivity contribution < 1.29 is 52.2 Å². The van der Waals surface area contributed by atoms with Crippen LogP contribution in [0.3, 0.4) is 0 Å². The van der Waals surface area contributed by atoms with Crippen LogP contribution in [0.4, 0.5) is 0 Å². The second-order valence-electron chi connectivity index (χ2n) is 18.3. The summed E-state index contributed by atoms with van der Waals surface area (Å²) in [4.78, 5) is 48.5. The van der Waals surface area contributed by atoms with Gasteiger partial charge in [0.2, 0.25) is 0 Å². The number of aliphatic hydroxyl groups is 1. The first-order valence-electron chi connectivity index (χ1n) is 28.7. The molecule has 0 fully saturated rings. The average Bonchev–Trinajstić information content (AvgIpc) is 3.41. The summed E-state index contributed by atoms with van der Waals surface area (Å²) in [5.41, 5.74) is 0. The molecule has 0 spiro atoms. The standard InChI is InChI=1S/C64H101O11P/c1-4-7-10-13-16-19-22-25-28-29-30-31-34-37-40-43-46-49-52-55-64(68)75-61(57-71-62(66)53-50-47-44-41-38-35-32-26-23-20-17-14-11-8-5-2)59-73-76(69,70)72-58-60(56-65)74-63(67)54-51-48-45-42-39-36-33-27-24-21-18-15-12-9-6-3/h7-8,10-11,16-21,25-28,30-33,37-38,40-41,47,50,60-61,65H,4-6,9,12-15,22-24,29,34-36,39,42-46,48-49,51-59H2,1-3H3,(H,69,70)/b10-7-,11-8-,19-16-,20-17-,21-18-,28-25-,31-30-,32-26-,33-27-,40-37-,41-38-,50-47-. The van der Waals surface area contributed by atoms with Gasteiger partial charge >= 0.3 is 25.7 Å². The van der Waals surface area contributed by atoms with Gasteiger partial charge in [-0.1, -0.05) is 205 Å². The highest BCUT2D eigenvalue weighted by Gasteiger charge is 2.28. The van der Waals surface area contributed by atoms with Gasteiger partial charge in [-0.15, -0.1) is 0 Å². The maximum atomic E-state index is 12.9. The monoisotopic (exact) mass is 1080 g/mol. The number of carbonyl (C=O) groups is 3. The summed E-state index contributed by atoms with van der Waals surface area (Å²) in [6.07, 6.45) is 72.6. The molecule has 0 aromatic heterocycles. The van der Waals surface area contributed by atoms with E-state index in [0.717, 1.165) is 122 Å². The van der Waals surface area contributed by atoms with E-state index in [-0.39, 0.29) is 19.3 Å². The molecule has 11 nitrogen and oxygen atoms in total. The Bertz CT molecular complexity index is 1830. The first-order valence-corrected chi connectivity index (χ1v) is 30.2. The van der Waals surface area contributed by atoms with Crippen LogP contribution in [0.1, 0.15) is 201 Å². The normalized spacial score (nSPS) is 14.4. The number of esters is 3. The summed E-state index contributed by atoms with van der Waals surface area (Å²) >= 11 is 0. The Morgan fingerprint density at radius 2 is 0.724 bits per heavy atom. The first kappa shape index (κ1) is 71.4. The van der Waals surface area contributed by atoms with Gasteiger partial charge in [-0.2, -0.15) is 0 Å². The van der Waals surface area contributed by atoms with Crippen molar-refractivity contribution >= 4 is 25.7 Å².